The van der Waals surface area contributed by atoms with E-state index in [0.717, 1.165) is 57.5 Å². The zero-order valence-corrected chi connectivity index (χ0v) is 16.8. The maximum atomic E-state index is 10.7. The maximum Gasteiger partial charge on any atom is 0.191 e. The summed E-state index contributed by atoms with van der Waals surface area (Å²) in [5.74, 6) is 1.59. The largest absolute Gasteiger partial charge is 0.497 e. The fraction of sp³-hybridized carbons (Fsp3) is 0.650. The number of morpholine rings is 1. The van der Waals surface area contributed by atoms with Crippen molar-refractivity contribution in [2.75, 3.05) is 59.6 Å². The SMILES string of the molecule is CCNC(=NCC(C)(O)CN1CCOCC1)NCCc1cccc(OC)c1. The monoisotopic (exact) mass is 378 g/mol. The number of hydrogen-bond acceptors (Lipinski definition) is 5. The van der Waals surface area contributed by atoms with E-state index in [4.69, 9.17) is 9.47 Å². The molecule has 0 spiro atoms. The highest BCUT2D eigenvalue weighted by atomic mass is 16.5. The predicted octanol–water partition coefficient (Wildman–Crippen LogP) is 0.876. The topological polar surface area (TPSA) is 78.4 Å². The molecule has 1 aliphatic rings. The summed E-state index contributed by atoms with van der Waals surface area (Å²) in [6.07, 6.45) is 0.867. The average molecular weight is 379 g/mol. The molecule has 7 nitrogen and oxygen atoms in total. The van der Waals surface area contributed by atoms with Gasteiger partial charge in [-0.05, 0) is 38.0 Å². The first-order valence-electron chi connectivity index (χ1n) is 9.70. The molecule has 1 aromatic rings. The van der Waals surface area contributed by atoms with Crippen molar-refractivity contribution in [1.29, 1.82) is 0 Å². The van der Waals surface area contributed by atoms with Crippen molar-refractivity contribution in [1.82, 2.24) is 15.5 Å². The highest BCUT2D eigenvalue weighted by Crippen LogP contribution is 2.12. The van der Waals surface area contributed by atoms with Crippen LogP contribution in [-0.4, -0.2) is 81.2 Å². The third-order valence-electron chi connectivity index (χ3n) is 4.43. The van der Waals surface area contributed by atoms with Crippen LogP contribution in [0, 0.1) is 0 Å². The Balaban J connectivity index is 1.83. The van der Waals surface area contributed by atoms with Crippen LogP contribution >= 0.6 is 0 Å². The van der Waals surface area contributed by atoms with Gasteiger partial charge in [-0.2, -0.15) is 0 Å². The summed E-state index contributed by atoms with van der Waals surface area (Å²) in [5.41, 5.74) is 0.337. The summed E-state index contributed by atoms with van der Waals surface area (Å²) in [7, 11) is 1.68. The lowest BCUT2D eigenvalue weighted by Crippen LogP contribution is -2.48. The number of nitrogens with one attached hydrogen (secondary N) is 2. The molecule has 1 aliphatic heterocycles. The van der Waals surface area contributed by atoms with Gasteiger partial charge < -0.3 is 25.2 Å². The molecular weight excluding hydrogens is 344 g/mol. The maximum absolute atomic E-state index is 10.7. The smallest absolute Gasteiger partial charge is 0.191 e. The molecule has 7 heteroatoms. The minimum Gasteiger partial charge on any atom is -0.497 e. The number of ether oxygens (including phenoxy) is 2. The molecule has 1 aromatic carbocycles. The number of aliphatic imine (C=N–C) groups is 1. The number of β-amino-alcohol motifs (C(OH)–C–C–N with tert-alkyl or cyclic N) is 1. The fourth-order valence-electron chi connectivity index (χ4n) is 3.04. The number of methoxy groups -OCH3 is 1. The van der Waals surface area contributed by atoms with E-state index in [-0.39, 0.29) is 0 Å². The van der Waals surface area contributed by atoms with Gasteiger partial charge >= 0.3 is 0 Å². The number of benzene rings is 1. The van der Waals surface area contributed by atoms with Gasteiger partial charge in [0, 0.05) is 32.7 Å². The first kappa shape index (κ1) is 21.5. The quantitative estimate of drug-likeness (QED) is 0.437. The van der Waals surface area contributed by atoms with Crippen molar-refractivity contribution in [3.05, 3.63) is 29.8 Å². The van der Waals surface area contributed by atoms with Gasteiger partial charge in [-0.1, -0.05) is 12.1 Å². The summed E-state index contributed by atoms with van der Waals surface area (Å²) in [6, 6.07) is 8.07. The Morgan fingerprint density at radius 2 is 2.11 bits per heavy atom. The van der Waals surface area contributed by atoms with Crippen LogP contribution in [0.1, 0.15) is 19.4 Å². The third-order valence-corrected chi connectivity index (χ3v) is 4.43. The lowest BCUT2D eigenvalue weighted by molar-refractivity contribution is -0.0179. The van der Waals surface area contributed by atoms with Gasteiger partial charge in [-0.3, -0.25) is 9.89 Å². The molecule has 2 rings (SSSR count). The lowest BCUT2D eigenvalue weighted by Gasteiger charge is -2.33. The molecule has 0 aromatic heterocycles. The summed E-state index contributed by atoms with van der Waals surface area (Å²) in [5, 5.41) is 17.3. The Morgan fingerprint density at radius 3 is 2.81 bits per heavy atom. The number of nitrogens with zero attached hydrogens (tertiary/aromatic N) is 2. The average Bonchev–Trinajstić information content (AvgIpc) is 2.67. The van der Waals surface area contributed by atoms with Crippen LogP contribution < -0.4 is 15.4 Å². The van der Waals surface area contributed by atoms with Gasteiger partial charge in [0.05, 0.1) is 32.5 Å². The van der Waals surface area contributed by atoms with E-state index in [1.165, 1.54) is 5.56 Å². The van der Waals surface area contributed by atoms with Gasteiger partial charge in [0.15, 0.2) is 5.96 Å². The molecule has 0 amide bonds. The van der Waals surface area contributed by atoms with Gasteiger partial charge in [0.1, 0.15) is 5.75 Å². The molecule has 3 N–H and O–H groups in total. The number of rotatable bonds is 9. The minimum atomic E-state index is -0.869. The molecule has 1 unspecified atom stereocenters. The van der Waals surface area contributed by atoms with Gasteiger partial charge in [-0.25, -0.2) is 0 Å². The second-order valence-corrected chi connectivity index (χ2v) is 7.11. The van der Waals surface area contributed by atoms with Gasteiger partial charge in [0.25, 0.3) is 0 Å². The molecule has 0 saturated carbocycles. The molecule has 1 heterocycles. The van der Waals surface area contributed by atoms with E-state index in [0.29, 0.717) is 13.1 Å². The first-order chi connectivity index (χ1) is 13.0. The van der Waals surface area contributed by atoms with Gasteiger partial charge in [0.2, 0.25) is 0 Å². The van der Waals surface area contributed by atoms with Gasteiger partial charge in [-0.15, -0.1) is 0 Å². The molecule has 152 valence electrons. The second-order valence-electron chi connectivity index (χ2n) is 7.11. The molecule has 1 fully saturated rings. The first-order valence-corrected chi connectivity index (χ1v) is 9.70. The van der Waals surface area contributed by atoms with E-state index in [2.05, 4.69) is 26.6 Å². The summed E-state index contributed by atoms with van der Waals surface area (Å²) < 4.78 is 10.6. The Labute approximate surface area is 162 Å². The van der Waals surface area contributed by atoms with Crippen molar-refractivity contribution in [3.8, 4) is 5.75 Å². The second kappa shape index (κ2) is 11.1. The molecular formula is C20H34N4O3. The predicted molar refractivity (Wildman–Crippen MR) is 109 cm³/mol. The molecule has 0 aliphatic carbocycles. The zero-order chi connectivity index (χ0) is 19.5. The van der Waals surface area contributed by atoms with Crippen molar-refractivity contribution in [3.63, 3.8) is 0 Å². The molecule has 1 saturated heterocycles. The lowest BCUT2D eigenvalue weighted by atomic mass is 10.1. The van der Waals surface area contributed by atoms with Crippen LogP contribution in [0.4, 0.5) is 0 Å². The van der Waals surface area contributed by atoms with E-state index in [9.17, 15) is 5.11 Å². The summed E-state index contributed by atoms with van der Waals surface area (Å²) >= 11 is 0. The number of aliphatic hydroxyl groups is 1. The summed E-state index contributed by atoms with van der Waals surface area (Å²) in [6.45, 7) is 9.53. The van der Waals surface area contributed by atoms with Crippen LogP contribution in [0.25, 0.3) is 0 Å². The van der Waals surface area contributed by atoms with E-state index >= 15 is 0 Å². The zero-order valence-electron chi connectivity index (χ0n) is 16.8. The Hall–Kier alpha value is -1.83. The molecule has 27 heavy (non-hydrogen) atoms. The van der Waals surface area contributed by atoms with Crippen LogP contribution in [0.5, 0.6) is 5.75 Å². The van der Waals surface area contributed by atoms with Crippen molar-refractivity contribution in [2.45, 2.75) is 25.9 Å². The molecule has 1 atom stereocenters. The van der Waals surface area contributed by atoms with Crippen LogP contribution in [0.3, 0.4) is 0 Å². The number of guanidine groups is 1. The standard InChI is InChI=1S/C20H34N4O3/c1-4-21-19(22-9-8-17-6-5-7-18(14-17)26-3)23-15-20(2,25)16-24-10-12-27-13-11-24/h5-7,14,25H,4,8-13,15-16H2,1-3H3,(H2,21,22,23). The van der Waals surface area contributed by atoms with Crippen molar-refractivity contribution < 1.29 is 14.6 Å². The van der Waals surface area contributed by atoms with Crippen molar-refractivity contribution >= 4 is 5.96 Å². The highest BCUT2D eigenvalue weighted by molar-refractivity contribution is 5.79. The minimum absolute atomic E-state index is 0.346. The third kappa shape index (κ3) is 8.15. The van der Waals surface area contributed by atoms with Crippen LogP contribution in [-0.2, 0) is 11.2 Å². The van der Waals surface area contributed by atoms with E-state index in [1.54, 1.807) is 7.11 Å². The highest BCUT2D eigenvalue weighted by Gasteiger charge is 2.25. The molecule has 0 bridgehead atoms. The fourth-order valence-corrected chi connectivity index (χ4v) is 3.04. The normalized spacial score (nSPS) is 18.0. The Kier molecular flexibility index (Phi) is 8.84. The summed E-state index contributed by atoms with van der Waals surface area (Å²) in [4.78, 5) is 6.80. The van der Waals surface area contributed by atoms with Crippen LogP contribution in [0.15, 0.2) is 29.3 Å². The van der Waals surface area contributed by atoms with E-state index in [1.807, 2.05) is 32.0 Å². The Bertz CT molecular complexity index is 586. The van der Waals surface area contributed by atoms with E-state index < -0.39 is 5.60 Å². The molecule has 0 radical (unpaired) electrons. The Morgan fingerprint density at radius 1 is 1.33 bits per heavy atom. The van der Waals surface area contributed by atoms with Crippen LogP contribution in [0.2, 0.25) is 0 Å². The van der Waals surface area contributed by atoms with Crippen molar-refractivity contribution in [2.24, 2.45) is 4.99 Å². The number of hydrogen-bond donors (Lipinski definition) is 3.